The van der Waals surface area contributed by atoms with Gasteiger partial charge in [-0.3, -0.25) is 0 Å². The Bertz CT molecular complexity index is 916. The van der Waals surface area contributed by atoms with Crippen molar-refractivity contribution < 1.29 is 18.3 Å². The summed E-state index contributed by atoms with van der Waals surface area (Å²) in [4.78, 5) is 11.6. The van der Waals surface area contributed by atoms with Crippen molar-refractivity contribution in [3.05, 3.63) is 45.4 Å². The van der Waals surface area contributed by atoms with Gasteiger partial charge in [-0.2, -0.15) is 0 Å². The van der Waals surface area contributed by atoms with E-state index in [0.29, 0.717) is 0 Å². The number of anilines is 2. The number of carbonyl (C=O) groups excluding carboxylic acids is 1. The quantitative estimate of drug-likeness (QED) is 0.655. The minimum atomic E-state index is -3.79. The van der Waals surface area contributed by atoms with Crippen molar-refractivity contribution in [3.63, 3.8) is 0 Å². The van der Waals surface area contributed by atoms with Crippen molar-refractivity contribution in [1.29, 1.82) is 0 Å². The molecule has 2 amide bonds. The van der Waals surface area contributed by atoms with Gasteiger partial charge in [0.2, 0.25) is 0 Å². The molecule has 24 heavy (non-hydrogen) atoms. The van der Waals surface area contributed by atoms with Crippen LogP contribution in [-0.2, 0) is 9.84 Å². The van der Waals surface area contributed by atoms with Crippen LogP contribution in [0.3, 0.4) is 0 Å². The second kappa shape index (κ2) is 7.06. The van der Waals surface area contributed by atoms with Crippen LogP contribution in [0, 0.1) is 0 Å². The smallest absolute Gasteiger partial charge is 0.323 e. The van der Waals surface area contributed by atoms with Crippen LogP contribution in [0.15, 0.2) is 35.2 Å². The van der Waals surface area contributed by atoms with Gasteiger partial charge in [-0.15, -0.1) is 0 Å². The Morgan fingerprint density at radius 3 is 2.25 bits per heavy atom. The Kier molecular flexibility index (Phi) is 5.49. The van der Waals surface area contributed by atoms with Crippen molar-refractivity contribution in [2.24, 2.45) is 0 Å². The van der Waals surface area contributed by atoms with E-state index >= 15 is 0 Å². The molecule has 0 spiro atoms. The van der Waals surface area contributed by atoms with Crippen molar-refractivity contribution in [2.75, 3.05) is 16.9 Å². The van der Waals surface area contributed by atoms with Crippen molar-refractivity contribution in [1.82, 2.24) is 0 Å². The Hall–Kier alpha value is -1.67. The number of halogens is 3. The molecule has 0 saturated carbocycles. The van der Waals surface area contributed by atoms with Gasteiger partial charge in [0.1, 0.15) is 4.90 Å². The molecule has 128 valence electrons. The second-order valence-electron chi connectivity index (χ2n) is 4.73. The lowest BCUT2D eigenvalue weighted by atomic mass is 10.3. The maximum absolute atomic E-state index is 12.0. The first kappa shape index (κ1) is 18.7. The van der Waals surface area contributed by atoms with Gasteiger partial charge in [-0.1, -0.05) is 40.9 Å². The highest BCUT2D eigenvalue weighted by Crippen LogP contribution is 2.37. The standard InChI is InChI=1S/C14H11Cl3N2O4S/c1-24(22,23)13-8(16)5-6-10(12(13)20)19-14(21)18-9-4-2-3-7(15)11(9)17/h2-6,20H,1H3,(H2,18,19,21). The molecule has 2 rings (SSSR count). The Labute approximate surface area is 153 Å². The number of phenolic OH excluding ortho intramolecular Hbond substituents is 1. The SMILES string of the molecule is CS(=O)(=O)c1c(Cl)ccc(NC(=O)Nc2cccc(Cl)c2Cl)c1O. The molecule has 0 aromatic heterocycles. The maximum atomic E-state index is 12.0. The van der Waals surface area contributed by atoms with Gasteiger partial charge in [0.05, 0.1) is 26.4 Å². The van der Waals surface area contributed by atoms with E-state index in [4.69, 9.17) is 34.8 Å². The summed E-state index contributed by atoms with van der Waals surface area (Å²) >= 11 is 17.6. The highest BCUT2D eigenvalue weighted by Gasteiger charge is 2.21. The summed E-state index contributed by atoms with van der Waals surface area (Å²) in [5, 5.41) is 15.1. The third-order valence-corrected chi connectivity index (χ3v) is 5.30. The molecule has 0 aliphatic rings. The molecule has 10 heteroatoms. The first-order valence-corrected chi connectivity index (χ1v) is 9.37. The van der Waals surface area contributed by atoms with Crippen LogP contribution in [-0.4, -0.2) is 25.8 Å². The lowest BCUT2D eigenvalue weighted by molar-refractivity contribution is 0.262. The molecule has 0 radical (unpaired) electrons. The summed E-state index contributed by atoms with van der Waals surface area (Å²) in [5.74, 6) is -0.655. The lowest BCUT2D eigenvalue weighted by Crippen LogP contribution is -2.20. The molecule has 0 saturated heterocycles. The van der Waals surface area contributed by atoms with Crippen LogP contribution >= 0.6 is 34.8 Å². The van der Waals surface area contributed by atoms with Gasteiger partial charge in [-0.05, 0) is 24.3 Å². The zero-order valence-corrected chi connectivity index (χ0v) is 15.2. The molecule has 3 N–H and O–H groups in total. The van der Waals surface area contributed by atoms with E-state index in [1.807, 2.05) is 0 Å². The first-order chi connectivity index (χ1) is 11.1. The molecule has 0 bridgehead atoms. The van der Waals surface area contributed by atoms with Gasteiger partial charge >= 0.3 is 6.03 Å². The van der Waals surface area contributed by atoms with Crippen molar-refractivity contribution >= 4 is 62.0 Å². The number of phenols is 1. The van der Waals surface area contributed by atoms with E-state index < -0.39 is 26.5 Å². The number of carbonyl (C=O) groups is 1. The monoisotopic (exact) mass is 408 g/mol. The number of rotatable bonds is 3. The zero-order chi connectivity index (χ0) is 18.1. The number of hydrogen-bond donors (Lipinski definition) is 3. The topological polar surface area (TPSA) is 95.5 Å². The third kappa shape index (κ3) is 4.05. The van der Waals surface area contributed by atoms with E-state index in [9.17, 15) is 18.3 Å². The predicted molar refractivity (Wildman–Crippen MR) is 95.3 cm³/mol. The molecule has 0 fully saturated rings. The summed E-state index contributed by atoms with van der Waals surface area (Å²) < 4.78 is 23.4. The maximum Gasteiger partial charge on any atom is 0.323 e. The van der Waals surface area contributed by atoms with E-state index in [1.54, 1.807) is 12.1 Å². The fraction of sp³-hybridized carbons (Fsp3) is 0.0714. The van der Waals surface area contributed by atoms with E-state index in [1.165, 1.54) is 18.2 Å². The van der Waals surface area contributed by atoms with Crippen LogP contribution in [0.25, 0.3) is 0 Å². The van der Waals surface area contributed by atoms with Crippen molar-refractivity contribution in [3.8, 4) is 5.75 Å². The van der Waals surface area contributed by atoms with Crippen LogP contribution in [0.5, 0.6) is 5.75 Å². The van der Waals surface area contributed by atoms with Gasteiger partial charge in [-0.25, -0.2) is 13.2 Å². The van der Waals surface area contributed by atoms with E-state index in [2.05, 4.69) is 10.6 Å². The average molecular weight is 410 g/mol. The Morgan fingerprint density at radius 2 is 1.62 bits per heavy atom. The normalized spacial score (nSPS) is 11.2. The third-order valence-electron chi connectivity index (χ3n) is 2.90. The summed E-state index contributed by atoms with van der Waals surface area (Å²) in [6, 6.07) is 6.43. The number of amides is 2. The molecule has 2 aromatic rings. The van der Waals surface area contributed by atoms with Crippen LogP contribution < -0.4 is 10.6 Å². The minimum Gasteiger partial charge on any atom is -0.504 e. The zero-order valence-electron chi connectivity index (χ0n) is 12.1. The summed E-state index contributed by atoms with van der Waals surface area (Å²) in [6.07, 6.45) is 0.892. The molecule has 0 atom stereocenters. The van der Waals surface area contributed by atoms with Gasteiger partial charge in [0, 0.05) is 6.26 Å². The van der Waals surface area contributed by atoms with Crippen molar-refractivity contribution in [2.45, 2.75) is 4.90 Å². The molecule has 2 aromatic carbocycles. The molecular formula is C14H11Cl3N2O4S. The number of hydrogen-bond acceptors (Lipinski definition) is 4. The number of aromatic hydroxyl groups is 1. The number of benzene rings is 2. The Morgan fingerprint density at radius 1 is 1.00 bits per heavy atom. The van der Waals surface area contributed by atoms with Gasteiger partial charge in [0.25, 0.3) is 0 Å². The molecule has 0 heterocycles. The fourth-order valence-corrected chi connectivity index (χ4v) is 3.68. The van der Waals surface area contributed by atoms with E-state index in [-0.39, 0.29) is 26.4 Å². The summed E-state index contributed by atoms with van der Waals surface area (Å²) in [5.41, 5.74) is 0.119. The number of urea groups is 1. The summed E-state index contributed by atoms with van der Waals surface area (Å²) in [6.45, 7) is 0. The lowest BCUT2D eigenvalue weighted by Gasteiger charge is -2.13. The molecule has 6 nitrogen and oxygen atoms in total. The van der Waals surface area contributed by atoms with Crippen LogP contribution in [0.1, 0.15) is 0 Å². The van der Waals surface area contributed by atoms with Crippen LogP contribution in [0.2, 0.25) is 15.1 Å². The number of sulfone groups is 1. The highest BCUT2D eigenvalue weighted by atomic mass is 35.5. The predicted octanol–water partition coefficient (Wildman–Crippen LogP) is 4.40. The fourth-order valence-electron chi connectivity index (χ4n) is 1.88. The summed E-state index contributed by atoms with van der Waals surface area (Å²) in [7, 11) is -3.79. The van der Waals surface area contributed by atoms with E-state index in [0.717, 1.165) is 6.26 Å². The molecule has 0 aliphatic heterocycles. The van der Waals surface area contributed by atoms with Gasteiger partial charge in [0.15, 0.2) is 15.6 Å². The van der Waals surface area contributed by atoms with Gasteiger partial charge < -0.3 is 15.7 Å². The number of nitrogens with one attached hydrogen (secondary N) is 2. The molecule has 0 aliphatic carbocycles. The largest absolute Gasteiger partial charge is 0.504 e. The average Bonchev–Trinajstić information content (AvgIpc) is 2.45. The van der Waals surface area contributed by atoms with Crippen LogP contribution in [0.4, 0.5) is 16.2 Å². The highest BCUT2D eigenvalue weighted by molar-refractivity contribution is 7.91. The first-order valence-electron chi connectivity index (χ1n) is 6.35. The Balaban J connectivity index is 2.29. The molecular weight excluding hydrogens is 399 g/mol. The molecule has 0 unspecified atom stereocenters. The second-order valence-corrected chi connectivity index (χ2v) is 7.87. The minimum absolute atomic E-state index is 0.129.